The van der Waals surface area contributed by atoms with Crippen LogP contribution in [-0.4, -0.2) is 28.0 Å². The molecule has 0 atom stereocenters. The van der Waals surface area contributed by atoms with Gasteiger partial charge in [-0.3, -0.25) is 19.8 Å². The van der Waals surface area contributed by atoms with Crippen molar-refractivity contribution in [1.29, 1.82) is 0 Å². The number of carbonyl (C=O) groups excluding carboxylic acids is 2. The van der Waals surface area contributed by atoms with Crippen LogP contribution in [0.1, 0.15) is 16.1 Å². The first kappa shape index (κ1) is 21.4. The number of halogens is 2. The van der Waals surface area contributed by atoms with Crippen molar-refractivity contribution in [3.63, 3.8) is 0 Å². The van der Waals surface area contributed by atoms with E-state index < -0.39 is 23.6 Å². The van der Waals surface area contributed by atoms with Gasteiger partial charge in [-0.1, -0.05) is 23.7 Å². The van der Waals surface area contributed by atoms with E-state index in [4.69, 9.17) is 33.3 Å². The van der Waals surface area contributed by atoms with E-state index in [2.05, 4.69) is 5.32 Å². The van der Waals surface area contributed by atoms with Crippen molar-refractivity contribution in [1.82, 2.24) is 5.32 Å². The van der Waals surface area contributed by atoms with Crippen LogP contribution in [0.4, 0.5) is 10.1 Å². The topological polar surface area (TPSA) is 99.9 Å². The molecule has 160 valence electrons. The number of aromatic carboxylic acids is 1. The number of thiocarbonyl (C=S) groups is 1. The van der Waals surface area contributed by atoms with E-state index in [0.717, 1.165) is 11.0 Å². The lowest BCUT2D eigenvalue weighted by Crippen LogP contribution is -2.54. The molecule has 32 heavy (non-hydrogen) atoms. The van der Waals surface area contributed by atoms with E-state index in [1.54, 1.807) is 24.3 Å². The molecule has 1 saturated heterocycles. The fraction of sp³-hybridized carbons (Fsp3) is 0. The minimum atomic E-state index is -1.05. The first-order chi connectivity index (χ1) is 15.2. The fourth-order valence-corrected chi connectivity index (χ4v) is 3.48. The quantitative estimate of drug-likeness (QED) is 0.335. The third kappa shape index (κ3) is 4.03. The summed E-state index contributed by atoms with van der Waals surface area (Å²) < 4.78 is 19.2. The van der Waals surface area contributed by atoms with Crippen molar-refractivity contribution in [2.75, 3.05) is 4.90 Å². The molecule has 0 unspecified atom stereocenters. The second-order valence-electron chi connectivity index (χ2n) is 6.64. The van der Waals surface area contributed by atoms with Gasteiger partial charge in [0, 0.05) is 5.56 Å². The smallest absolute Gasteiger partial charge is 0.335 e. The minimum Gasteiger partial charge on any atom is -0.478 e. The summed E-state index contributed by atoms with van der Waals surface area (Å²) in [7, 11) is 0. The van der Waals surface area contributed by atoms with Crippen molar-refractivity contribution in [3.05, 3.63) is 82.3 Å². The van der Waals surface area contributed by atoms with Crippen LogP contribution >= 0.6 is 23.8 Å². The Balaban J connectivity index is 1.65. The second-order valence-corrected chi connectivity index (χ2v) is 7.43. The van der Waals surface area contributed by atoms with Crippen molar-refractivity contribution in [2.24, 2.45) is 0 Å². The molecule has 4 rings (SSSR count). The van der Waals surface area contributed by atoms with Gasteiger partial charge in [0.2, 0.25) is 0 Å². The predicted molar refractivity (Wildman–Crippen MR) is 119 cm³/mol. The zero-order valence-corrected chi connectivity index (χ0v) is 17.5. The van der Waals surface area contributed by atoms with E-state index in [1.165, 1.54) is 30.3 Å². The minimum absolute atomic E-state index is 0.129. The Labute approximate surface area is 190 Å². The number of hydrogen-bond acceptors (Lipinski definition) is 5. The summed E-state index contributed by atoms with van der Waals surface area (Å²) in [5.41, 5.74) is 0.684. The van der Waals surface area contributed by atoms with Crippen molar-refractivity contribution in [3.8, 4) is 11.3 Å². The lowest BCUT2D eigenvalue weighted by atomic mass is 10.1. The molecule has 10 heteroatoms. The second kappa shape index (κ2) is 8.37. The van der Waals surface area contributed by atoms with Gasteiger partial charge in [0.05, 0.1) is 16.3 Å². The maximum absolute atomic E-state index is 13.5. The molecule has 2 aromatic carbocycles. The first-order valence-corrected chi connectivity index (χ1v) is 9.83. The SMILES string of the molecule is O=C1NC(=S)N(c2ccc(F)c(Cl)c2)C(=O)/C1=C/c1ccc(-c2ccc(C(=O)O)cc2)o1. The third-order valence-electron chi connectivity index (χ3n) is 4.59. The van der Waals surface area contributed by atoms with E-state index >= 15 is 0 Å². The zero-order chi connectivity index (χ0) is 23.0. The van der Waals surface area contributed by atoms with Gasteiger partial charge in [0.1, 0.15) is 22.9 Å². The number of carboxylic acids is 1. The Bertz CT molecular complexity index is 1320. The number of benzene rings is 2. The maximum atomic E-state index is 13.5. The normalized spacial score (nSPS) is 15.2. The number of rotatable bonds is 4. The molecular formula is C22H12ClFN2O5S. The van der Waals surface area contributed by atoms with Crippen molar-refractivity contribution >= 4 is 58.5 Å². The summed E-state index contributed by atoms with van der Waals surface area (Å²) in [6, 6.07) is 12.8. The van der Waals surface area contributed by atoms with Crippen LogP contribution in [0.25, 0.3) is 17.4 Å². The first-order valence-electron chi connectivity index (χ1n) is 9.04. The summed E-state index contributed by atoms with van der Waals surface area (Å²) in [5.74, 6) is -2.53. The fourth-order valence-electron chi connectivity index (χ4n) is 3.02. The van der Waals surface area contributed by atoms with Crippen LogP contribution in [0.15, 0.2) is 64.6 Å². The molecule has 0 spiro atoms. The highest BCUT2D eigenvalue weighted by Crippen LogP contribution is 2.28. The molecule has 0 aliphatic carbocycles. The average Bonchev–Trinajstić information content (AvgIpc) is 3.22. The standard InChI is InChI=1S/C22H12ClFN2O5S/c23-16-9-13(5-7-17(16)24)26-20(28)15(19(27)25-22(26)32)10-14-6-8-18(31-14)11-1-3-12(4-2-11)21(29)30/h1-10H,(H,29,30)(H,25,27,32)/b15-10+. The van der Waals surface area contributed by atoms with E-state index in [-0.39, 0.29) is 32.7 Å². The van der Waals surface area contributed by atoms with Crippen LogP contribution in [0.3, 0.4) is 0 Å². The molecule has 1 aromatic heterocycles. The molecule has 1 aliphatic rings. The van der Waals surface area contributed by atoms with Gasteiger partial charge >= 0.3 is 5.97 Å². The number of hydrogen-bond donors (Lipinski definition) is 2. The molecule has 2 heterocycles. The van der Waals surface area contributed by atoms with Gasteiger partial charge in [-0.25, -0.2) is 9.18 Å². The monoisotopic (exact) mass is 470 g/mol. The maximum Gasteiger partial charge on any atom is 0.335 e. The summed E-state index contributed by atoms with van der Waals surface area (Å²) in [5, 5.41) is 11.0. The van der Waals surface area contributed by atoms with E-state index in [9.17, 15) is 18.8 Å². The number of anilines is 1. The number of nitrogens with one attached hydrogen (secondary N) is 1. The van der Waals surface area contributed by atoms with Gasteiger partial charge in [0.25, 0.3) is 11.8 Å². The Kier molecular flexibility index (Phi) is 5.60. The lowest BCUT2D eigenvalue weighted by Gasteiger charge is -2.28. The highest BCUT2D eigenvalue weighted by atomic mass is 35.5. The molecule has 1 fully saturated rings. The Hall–Kier alpha value is -3.82. The average molecular weight is 471 g/mol. The summed E-state index contributed by atoms with van der Waals surface area (Å²) >= 11 is 10.9. The molecule has 0 saturated carbocycles. The Morgan fingerprint density at radius 3 is 2.50 bits per heavy atom. The van der Waals surface area contributed by atoms with Crippen LogP contribution in [0, 0.1) is 5.82 Å². The molecule has 2 amide bonds. The van der Waals surface area contributed by atoms with Crippen LogP contribution in [0.5, 0.6) is 0 Å². The highest BCUT2D eigenvalue weighted by molar-refractivity contribution is 7.80. The Morgan fingerprint density at radius 2 is 1.84 bits per heavy atom. The number of amides is 2. The third-order valence-corrected chi connectivity index (χ3v) is 5.17. The summed E-state index contributed by atoms with van der Waals surface area (Å²) in [6.07, 6.45) is 1.26. The molecule has 1 aliphatic heterocycles. The van der Waals surface area contributed by atoms with Crippen LogP contribution in [-0.2, 0) is 9.59 Å². The highest BCUT2D eigenvalue weighted by Gasteiger charge is 2.35. The Morgan fingerprint density at radius 1 is 1.12 bits per heavy atom. The molecule has 7 nitrogen and oxygen atoms in total. The van der Waals surface area contributed by atoms with Gasteiger partial charge < -0.3 is 9.52 Å². The number of carboxylic acid groups (broad SMARTS) is 1. The largest absolute Gasteiger partial charge is 0.478 e. The molecule has 3 aromatic rings. The van der Waals surface area contributed by atoms with Crippen LogP contribution < -0.4 is 10.2 Å². The molecule has 0 bridgehead atoms. The van der Waals surface area contributed by atoms with E-state index in [1.807, 2.05) is 0 Å². The molecular weight excluding hydrogens is 459 g/mol. The van der Waals surface area contributed by atoms with Crippen LogP contribution in [0.2, 0.25) is 5.02 Å². The van der Waals surface area contributed by atoms with Gasteiger partial charge in [-0.15, -0.1) is 0 Å². The molecule has 2 N–H and O–H groups in total. The summed E-state index contributed by atoms with van der Waals surface area (Å²) in [6.45, 7) is 0. The lowest BCUT2D eigenvalue weighted by molar-refractivity contribution is -0.122. The number of nitrogens with zero attached hydrogens (tertiary/aromatic N) is 1. The molecule has 0 radical (unpaired) electrons. The van der Waals surface area contributed by atoms with Crippen molar-refractivity contribution in [2.45, 2.75) is 0 Å². The summed E-state index contributed by atoms with van der Waals surface area (Å²) in [4.78, 5) is 37.4. The van der Waals surface area contributed by atoms with Gasteiger partial charge in [-0.2, -0.15) is 0 Å². The van der Waals surface area contributed by atoms with E-state index in [0.29, 0.717) is 11.3 Å². The van der Waals surface area contributed by atoms with Gasteiger partial charge in [-0.05, 0) is 60.8 Å². The number of carbonyl (C=O) groups is 3. The zero-order valence-electron chi connectivity index (χ0n) is 16.0. The van der Waals surface area contributed by atoms with Crippen molar-refractivity contribution < 1.29 is 28.3 Å². The number of furan rings is 1. The van der Waals surface area contributed by atoms with Gasteiger partial charge in [0.15, 0.2) is 5.11 Å². The predicted octanol–water partition coefficient (Wildman–Crippen LogP) is 4.27.